The van der Waals surface area contributed by atoms with E-state index in [1.54, 1.807) is 18.5 Å². The fourth-order valence-corrected chi connectivity index (χ4v) is 3.60. The number of benzene rings is 1. The topological polar surface area (TPSA) is 91.8 Å². The summed E-state index contributed by atoms with van der Waals surface area (Å²) in [6.07, 6.45) is 4.08. The first-order chi connectivity index (χ1) is 12.8. The molecule has 3 aromatic rings. The maximum atomic E-state index is 12.4. The number of hydrazine groups is 1. The molecule has 1 aromatic carbocycles. The van der Waals surface area contributed by atoms with E-state index in [1.807, 2.05) is 23.6 Å². The van der Waals surface area contributed by atoms with E-state index >= 15 is 0 Å². The molecule has 26 heavy (non-hydrogen) atoms. The Balaban J connectivity index is 1.31. The van der Waals surface area contributed by atoms with Crippen LogP contribution in [-0.4, -0.2) is 26.9 Å². The standard InChI is InChI=1S/C18H18N6OS/c25-17(15-9-14(23-24-15)12-5-2-1-3-6-12)21-10-13-11-26-18(22-13)16-19-7-4-8-20-16/h1-8,11,14-15,23-24H,9-10H2,(H,21,25). The predicted molar refractivity (Wildman–Crippen MR) is 98.8 cm³/mol. The van der Waals surface area contributed by atoms with Crippen molar-refractivity contribution in [3.8, 4) is 10.8 Å². The smallest absolute Gasteiger partial charge is 0.238 e. The van der Waals surface area contributed by atoms with Gasteiger partial charge in [-0.15, -0.1) is 11.3 Å². The monoisotopic (exact) mass is 366 g/mol. The molecule has 4 rings (SSSR count). The van der Waals surface area contributed by atoms with E-state index in [0.29, 0.717) is 18.8 Å². The molecular formula is C18H18N6OS. The lowest BCUT2D eigenvalue weighted by molar-refractivity contribution is -0.123. The van der Waals surface area contributed by atoms with Gasteiger partial charge in [0.2, 0.25) is 5.91 Å². The molecule has 8 heteroatoms. The van der Waals surface area contributed by atoms with Crippen LogP contribution in [-0.2, 0) is 11.3 Å². The molecule has 1 fully saturated rings. The minimum atomic E-state index is -0.268. The van der Waals surface area contributed by atoms with Crippen LogP contribution in [0.2, 0.25) is 0 Å². The largest absolute Gasteiger partial charge is 0.349 e. The Morgan fingerprint density at radius 2 is 1.96 bits per heavy atom. The highest BCUT2D eigenvalue weighted by Gasteiger charge is 2.29. The molecule has 7 nitrogen and oxygen atoms in total. The van der Waals surface area contributed by atoms with Gasteiger partial charge in [-0.1, -0.05) is 30.3 Å². The highest BCUT2D eigenvalue weighted by Crippen LogP contribution is 2.22. The van der Waals surface area contributed by atoms with Gasteiger partial charge in [-0.3, -0.25) is 4.79 Å². The van der Waals surface area contributed by atoms with Crippen LogP contribution < -0.4 is 16.2 Å². The molecule has 1 aliphatic rings. The van der Waals surface area contributed by atoms with E-state index in [0.717, 1.165) is 10.7 Å². The summed E-state index contributed by atoms with van der Waals surface area (Å²) < 4.78 is 0. The van der Waals surface area contributed by atoms with E-state index in [9.17, 15) is 4.79 Å². The number of rotatable bonds is 5. The zero-order valence-electron chi connectivity index (χ0n) is 13.9. The fraction of sp³-hybridized carbons (Fsp3) is 0.222. The van der Waals surface area contributed by atoms with Crippen molar-refractivity contribution in [2.45, 2.75) is 25.0 Å². The lowest BCUT2D eigenvalue weighted by Gasteiger charge is -2.10. The van der Waals surface area contributed by atoms with Gasteiger partial charge in [-0.2, -0.15) is 0 Å². The number of thiazole rings is 1. The number of aromatic nitrogens is 3. The number of carbonyl (C=O) groups is 1. The molecular weight excluding hydrogens is 348 g/mol. The molecule has 0 radical (unpaired) electrons. The third-order valence-corrected chi connectivity index (χ3v) is 5.06. The number of nitrogens with zero attached hydrogens (tertiary/aromatic N) is 3. The molecule has 1 amide bonds. The maximum Gasteiger partial charge on any atom is 0.238 e. The Morgan fingerprint density at radius 1 is 1.15 bits per heavy atom. The van der Waals surface area contributed by atoms with E-state index in [-0.39, 0.29) is 18.0 Å². The molecule has 3 heterocycles. The molecule has 3 N–H and O–H groups in total. The Hall–Kier alpha value is -2.68. The van der Waals surface area contributed by atoms with Gasteiger partial charge in [0, 0.05) is 23.8 Å². The average molecular weight is 366 g/mol. The van der Waals surface area contributed by atoms with Crippen LogP contribution in [0.4, 0.5) is 0 Å². The molecule has 2 unspecified atom stereocenters. The zero-order valence-corrected chi connectivity index (χ0v) is 14.7. The van der Waals surface area contributed by atoms with E-state index in [1.165, 1.54) is 16.9 Å². The van der Waals surface area contributed by atoms with Crippen molar-refractivity contribution < 1.29 is 4.79 Å². The normalized spacial score (nSPS) is 19.4. The fourth-order valence-electron chi connectivity index (χ4n) is 2.83. The van der Waals surface area contributed by atoms with Gasteiger partial charge in [-0.05, 0) is 18.1 Å². The molecule has 0 aliphatic carbocycles. The van der Waals surface area contributed by atoms with Crippen molar-refractivity contribution in [3.05, 3.63) is 65.4 Å². The molecule has 0 spiro atoms. The van der Waals surface area contributed by atoms with Gasteiger partial charge >= 0.3 is 0 Å². The number of hydrogen-bond acceptors (Lipinski definition) is 7. The Bertz CT molecular complexity index is 870. The summed E-state index contributed by atoms with van der Waals surface area (Å²) in [5.41, 5.74) is 8.23. The Kier molecular flexibility index (Phi) is 4.96. The first-order valence-electron chi connectivity index (χ1n) is 8.35. The van der Waals surface area contributed by atoms with Gasteiger partial charge in [-0.25, -0.2) is 25.8 Å². The van der Waals surface area contributed by atoms with Gasteiger partial charge in [0.05, 0.1) is 12.2 Å². The molecule has 1 aliphatic heterocycles. The summed E-state index contributed by atoms with van der Waals surface area (Å²) in [5.74, 6) is 0.559. The summed E-state index contributed by atoms with van der Waals surface area (Å²) in [5, 5.41) is 5.61. The molecule has 2 aromatic heterocycles. The molecule has 1 saturated heterocycles. The Morgan fingerprint density at radius 3 is 2.77 bits per heavy atom. The van der Waals surface area contributed by atoms with E-state index < -0.39 is 0 Å². The summed E-state index contributed by atoms with van der Waals surface area (Å²) in [4.78, 5) is 25.3. The molecule has 2 atom stereocenters. The van der Waals surface area contributed by atoms with Crippen molar-refractivity contribution in [2.24, 2.45) is 0 Å². The first-order valence-corrected chi connectivity index (χ1v) is 9.23. The van der Waals surface area contributed by atoms with Gasteiger partial charge in [0.1, 0.15) is 6.04 Å². The minimum absolute atomic E-state index is 0.0403. The van der Waals surface area contributed by atoms with Crippen LogP contribution in [0.3, 0.4) is 0 Å². The number of carbonyl (C=O) groups excluding carboxylic acids is 1. The third-order valence-electron chi connectivity index (χ3n) is 4.17. The van der Waals surface area contributed by atoms with Gasteiger partial charge in [0.15, 0.2) is 10.8 Å². The molecule has 0 bridgehead atoms. The number of hydrogen-bond donors (Lipinski definition) is 3. The second kappa shape index (κ2) is 7.69. The zero-order chi connectivity index (χ0) is 17.8. The highest BCUT2D eigenvalue weighted by molar-refractivity contribution is 7.13. The molecule has 132 valence electrons. The average Bonchev–Trinajstić information content (AvgIpc) is 3.37. The number of amides is 1. The second-order valence-corrected chi connectivity index (χ2v) is 6.83. The maximum absolute atomic E-state index is 12.4. The predicted octanol–water partition coefficient (Wildman–Crippen LogP) is 1.82. The van der Waals surface area contributed by atoms with Gasteiger partial charge < -0.3 is 5.32 Å². The van der Waals surface area contributed by atoms with Crippen LogP contribution in [0.25, 0.3) is 10.8 Å². The Labute approximate surface area is 154 Å². The van der Waals surface area contributed by atoms with Crippen molar-refractivity contribution >= 4 is 17.2 Å². The second-order valence-electron chi connectivity index (χ2n) is 5.97. The molecule has 0 saturated carbocycles. The highest BCUT2D eigenvalue weighted by atomic mass is 32.1. The van der Waals surface area contributed by atoms with Crippen molar-refractivity contribution in [2.75, 3.05) is 0 Å². The van der Waals surface area contributed by atoms with Crippen molar-refractivity contribution in [1.82, 2.24) is 31.1 Å². The summed E-state index contributed by atoms with van der Waals surface area (Å²) in [7, 11) is 0. The van der Waals surface area contributed by atoms with Crippen LogP contribution in [0.1, 0.15) is 23.7 Å². The van der Waals surface area contributed by atoms with Crippen molar-refractivity contribution in [1.29, 1.82) is 0 Å². The van der Waals surface area contributed by atoms with E-state index in [2.05, 4.69) is 43.3 Å². The first kappa shape index (κ1) is 16.8. The summed E-state index contributed by atoms with van der Waals surface area (Å²) in [6, 6.07) is 11.7. The van der Waals surface area contributed by atoms with Crippen molar-refractivity contribution in [3.63, 3.8) is 0 Å². The SMILES string of the molecule is O=C(NCc1csc(-c2ncccn2)n1)C1CC(c2ccccc2)NN1. The minimum Gasteiger partial charge on any atom is -0.349 e. The third kappa shape index (κ3) is 3.77. The number of nitrogens with one attached hydrogen (secondary N) is 3. The van der Waals surface area contributed by atoms with Crippen LogP contribution in [0.5, 0.6) is 0 Å². The summed E-state index contributed by atoms with van der Waals surface area (Å²) >= 11 is 1.47. The van der Waals surface area contributed by atoms with Crippen LogP contribution >= 0.6 is 11.3 Å². The van der Waals surface area contributed by atoms with E-state index in [4.69, 9.17) is 0 Å². The summed E-state index contributed by atoms with van der Waals surface area (Å²) in [6.45, 7) is 0.385. The lowest BCUT2D eigenvalue weighted by Crippen LogP contribution is -2.42. The van der Waals surface area contributed by atoms with Gasteiger partial charge in [0.25, 0.3) is 0 Å². The lowest BCUT2D eigenvalue weighted by atomic mass is 10.0. The van der Waals surface area contributed by atoms with Crippen LogP contribution in [0, 0.1) is 0 Å². The van der Waals surface area contributed by atoms with Crippen LogP contribution in [0.15, 0.2) is 54.2 Å². The quantitative estimate of drug-likeness (QED) is 0.638.